The van der Waals surface area contributed by atoms with Crippen LogP contribution in [0.5, 0.6) is 5.75 Å². The standard InChI is InChI=1S/C18H15Cl2FN2O3/c1-11(26-16-5-3-2-4-15(16)21)18(25)23-22-17(24)9-7-12-6-8-13(19)14(20)10-12/h2-11H,1H3,(H,22,24)(H,23,25)/b9-7+. The molecule has 1 unspecified atom stereocenters. The van der Waals surface area contributed by atoms with E-state index >= 15 is 0 Å². The molecule has 2 aromatic carbocycles. The number of rotatable bonds is 5. The summed E-state index contributed by atoms with van der Waals surface area (Å²) >= 11 is 11.7. The van der Waals surface area contributed by atoms with Crippen molar-refractivity contribution in [2.75, 3.05) is 0 Å². The predicted octanol–water partition coefficient (Wildman–Crippen LogP) is 3.76. The maximum absolute atomic E-state index is 13.5. The Balaban J connectivity index is 1.84. The van der Waals surface area contributed by atoms with Gasteiger partial charge in [-0.05, 0) is 42.8 Å². The maximum atomic E-state index is 13.5. The first-order valence-corrected chi connectivity index (χ1v) is 8.26. The molecule has 5 nitrogen and oxygen atoms in total. The number of hydrazine groups is 1. The Morgan fingerprint density at radius 3 is 2.54 bits per heavy atom. The van der Waals surface area contributed by atoms with Crippen LogP contribution in [-0.4, -0.2) is 17.9 Å². The van der Waals surface area contributed by atoms with Crippen LogP contribution in [0.25, 0.3) is 6.08 Å². The Bertz CT molecular complexity index is 843. The van der Waals surface area contributed by atoms with E-state index in [0.717, 1.165) is 0 Å². The van der Waals surface area contributed by atoms with Gasteiger partial charge >= 0.3 is 0 Å². The van der Waals surface area contributed by atoms with Gasteiger partial charge in [-0.15, -0.1) is 0 Å². The summed E-state index contributed by atoms with van der Waals surface area (Å²) in [6.45, 7) is 1.43. The lowest BCUT2D eigenvalue weighted by Crippen LogP contribution is -2.46. The molecule has 2 aromatic rings. The van der Waals surface area contributed by atoms with Gasteiger partial charge in [-0.3, -0.25) is 20.4 Å². The van der Waals surface area contributed by atoms with Crippen LogP contribution in [0.15, 0.2) is 48.5 Å². The molecule has 0 aliphatic carbocycles. The molecular formula is C18H15Cl2FN2O3. The Morgan fingerprint density at radius 1 is 1.12 bits per heavy atom. The maximum Gasteiger partial charge on any atom is 0.279 e. The van der Waals surface area contributed by atoms with Crippen molar-refractivity contribution in [3.05, 3.63) is 70.0 Å². The Hall–Kier alpha value is -2.57. The summed E-state index contributed by atoms with van der Waals surface area (Å²) in [5, 5.41) is 0.769. The number of halogens is 3. The molecule has 8 heteroatoms. The highest BCUT2D eigenvalue weighted by atomic mass is 35.5. The summed E-state index contributed by atoms with van der Waals surface area (Å²) in [4.78, 5) is 23.6. The first kappa shape index (κ1) is 19.8. The summed E-state index contributed by atoms with van der Waals surface area (Å²) in [5.41, 5.74) is 5.06. The summed E-state index contributed by atoms with van der Waals surface area (Å²) in [7, 11) is 0. The lowest BCUT2D eigenvalue weighted by molar-refractivity contribution is -0.131. The zero-order chi connectivity index (χ0) is 19.1. The summed E-state index contributed by atoms with van der Waals surface area (Å²) in [6, 6.07) is 10.6. The number of hydrogen-bond donors (Lipinski definition) is 2. The third-order valence-electron chi connectivity index (χ3n) is 3.19. The monoisotopic (exact) mass is 396 g/mol. The van der Waals surface area contributed by atoms with Gasteiger partial charge in [0, 0.05) is 6.08 Å². The van der Waals surface area contributed by atoms with Gasteiger partial charge < -0.3 is 4.74 Å². The average Bonchev–Trinajstić information content (AvgIpc) is 2.62. The molecule has 0 fully saturated rings. The lowest BCUT2D eigenvalue weighted by Gasteiger charge is -2.15. The second-order valence-corrected chi connectivity index (χ2v) is 5.99. The number of benzene rings is 2. The van der Waals surface area contributed by atoms with Gasteiger partial charge in [0.15, 0.2) is 17.7 Å². The second-order valence-electron chi connectivity index (χ2n) is 5.18. The number of carbonyl (C=O) groups is 2. The molecule has 0 aromatic heterocycles. The SMILES string of the molecule is CC(Oc1ccccc1F)C(=O)NNC(=O)/C=C/c1ccc(Cl)c(Cl)c1. The topological polar surface area (TPSA) is 67.4 Å². The zero-order valence-electron chi connectivity index (χ0n) is 13.6. The van der Waals surface area contributed by atoms with E-state index in [9.17, 15) is 14.0 Å². The van der Waals surface area contributed by atoms with Crippen LogP contribution in [0.4, 0.5) is 4.39 Å². The van der Waals surface area contributed by atoms with E-state index in [-0.39, 0.29) is 5.75 Å². The molecule has 0 heterocycles. The molecule has 2 N–H and O–H groups in total. The van der Waals surface area contributed by atoms with E-state index in [2.05, 4.69) is 10.9 Å². The molecule has 1 atom stereocenters. The minimum atomic E-state index is -1.01. The smallest absolute Gasteiger partial charge is 0.279 e. The average molecular weight is 397 g/mol. The number of nitrogens with one attached hydrogen (secondary N) is 2. The van der Waals surface area contributed by atoms with Crippen LogP contribution < -0.4 is 15.6 Å². The highest BCUT2D eigenvalue weighted by Crippen LogP contribution is 2.23. The fourth-order valence-corrected chi connectivity index (χ4v) is 2.15. The molecule has 2 amide bonds. The molecule has 0 saturated heterocycles. The van der Waals surface area contributed by atoms with E-state index in [0.29, 0.717) is 15.6 Å². The van der Waals surface area contributed by atoms with Crippen LogP contribution in [0.3, 0.4) is 0 Å². The van der Waals surface area contributed by atoms with Crippen LogP contribution in [0, 0.1) is 5.82 Å². The van der Waals surface area contributed by atoms with Gasteiger partial charge in [0.05, 0.1) is 10.0 Å². The molecule has 0 saturated carbocycles. The first-order chi connectivity index (χ1) is 12.4. The molecule has 26 heavy (non-hydrogen) atoms. The van der Waals surface area contributed by atoms with Gasteiger partial charge in [-0.2, -0.15) is 0 Å². The highest BCUT2D eigenvalue weighted by Gasteiger charge is 2.16. The molecule has 0 spiro atoms. The molecule has 0 aliphatic heterocycles. The minimum Gasteiger partial charge on any atom is -0.478 e. The van der Waals surface area contributed by atoms with Gasteiger partial charge in [0.2, 0.25) is 0 Å². The quantitative estimate of drug-likeness (QED) is 0.597. The van der Waals surface area contributed by atoms with Gasteiger partial charge in [0.25, 0.3) is 11.8 Å². The van der Waals surface area contributed by atoms with Crippen molar-refractivity contribution in [2.45, 2.75) is 13.0 Å². The van der Waals surface area contributed by atoms with E-state index in [1.807, 2.05) is 0 Å². The van der Waals surface area contributed by atoms with Crippen LogP contribution in [0.1, 0.15) is 12.5 Å². The number of hydrogen-bond acceptors (Lipinski definition) is 3. The Morgan fingerprint density at radius 2 is 1.85 bits per heavy atom. The molecule has 2 rings (SSSR count). The molecule has 0 bridgehead atoms. The van der Waals surface area contributed by atoms with Gasteiger partial charge in [0.1, 0.15) is 0 Å². The number of carbonyl (C=O) groups excluding carboxylic acids is 2. The van der Waals surface area contributed by atoms with Gasteiger partial charge in [-0.1, -0.05) is 41.4 Å². The molecule has 136 valence electrons. The predicted molar refractivity (Wildman–Crippen MR) is 98.3 cm³/mol. The fourth-order valence-electron chi connectivity index (χ4n) is 1.84. The molecular weight excluding hydrogens is 382 g/mol. The van der Waals surface area contributed by atoms with Crippen LogP contribution >= 0.6 is 23.2 Å². The van der Waals surface area contributed by atoms with Crippen molar-refractivity contribution in [3.63, 3.8) is 0 Å². The van der Waals surface area contributed by atoms with Crippen molar-refractivity contribution in [3.8, 4) is 5.75 Å². The Labute approximate surface area is 159 Å². The van der Waals surface area contributed by atoms with Crippen molar-refractivity contribution >= 4 is 41.1 Å². The van der Waals surface area contributed by atoms with Crippen LogP contribution in [0.2, 0.25) is 10.0 Å². The van der Waals surface area contributed by atoms with E-state index < -0.39 is 23.7 Å². The van der Waals surface area contributed by atoms with E-state index in [1.165, 1.54) is 37.3 Å². The first-order valence-electron chi connectivity index (χ1n) is 7.51. The number of amides is 2. The highest BCUT2D eigenvalue weighted by molar-refractivity contribution is 6.42. The van der Waals surface area contributed by atoms with Gasteiger partial charge in [-0.25, -0.2) is 4.39 Å². The van der Waals surface area contributed by atoms with Crippen molar-refractivity contribution in [2.24, 2.45) is 0 Å². The lowest BCUT2D eigenvalue weighted by atomic mass is 10.2. The number of para-hydroxylation sites is 1. The normalized spacial score (nSPS) is 11.8. The zero-order valence-corrected chi connectivity index (χ0v) is 15.1. The van der Waals surface area contributed by atoms with Crippen molar-refractivity contribution in [1.29, 1.82) is 0 Å². The Kier molecular flexibility index (Phi) is 7.00. The summed E-state index contributed by atoms with van der Waals surface area (Å²) < 4.78 is 18.7. The summed E-state index contributed by atoms with van der Waals surface area (Å²) in [6.07, 6.45) is 1.71. The third kappa shape index (κ3) is 5.75. The van der Waals surface area contributed by atoms with Crippen molar-refractivity contribution in [1.82, 2.24) is 10.9 Å². The number of ether oxygens (including phenoxy) is 1. The third-order valence-corrected chi connectivity index (χ3v) is 3.93. The van der Waals surface area contributed by atoms with Crippen molar-refractivity contribution < 1.29 is 18.7 Å². The summed E-state index contributed by atoms with van der Waals surface area (Å²) in [5.74, 6) is -1.84. The van der Waals surface area contributed by atoms with E-state index in [1.54, 1.807) is 24.3 Å². The van der Waals surface area contributed by atoms with E-state index in [4.69, 9.17) is 27.9 Å². The fraction of sp³-hybridized carbons (Fsp3) is 0.111. The molecule has 0 radical (unpaired) electrons. The van der Waals surface area contributed by atoms with Crippen LogP contribution in [-0.2, 0) is 9.59 Å². The second kappa shape index (κ2) is 9.22. The minimum absolute atomic E-state index is 0.0546. The molecule has 0 aliphatic rings. The largest absolute Gasteiger partial charge is 0.478 e.